The molecule has 0 bridgehead atoms. The molecule has 0 heterocycles. The van der Waals surface area contributed by atoms with Crippen LogP contribution in [0.15, 0.2) is 24.3 Å². The van der Waals surface area contributed by atoms with Crippen molar-refractivity contribution >= 4 is 17.7 Å². The quantitative estimate of drug-likeness (QED) is 0.585. The van der Waals surface area contributed by atoms with Crippen molar-refractivity contribution in [3.05, 3.63) is 29.8 Å². The van der Waals surface area contributed by atoms with E-state index in [1.807, 2.05) is 12.1 Å². The molecule has 1 aromatic carbocycles. The van der Waals surface area contributed by atoms with Crippen molar-refractivity contribution in [2.75, 3.05) is 26.6 Å². The molecule has 5 nitrogen and oxygen atoms in total. The van der Waals surface area contributed by atoms with Crippen molar-refractivity contribution in [3.63, 3.8) is 0 Å². The van der Waals surface area contributed by atoms with Crippen LogP contribution in [0.1, 0.15) is 17.7 Å². The molecule has 0 saturated heterocycles. The Bertz CT molecular complexity index is 407. The molecule has 0 saturated carbocycles. The second kappa shape index (κ2) is 8.84. The van der Waals surface area contributed by atoms with E-state index in [-0.39, 0.29) is 11.7 Å². The summed E-state index contributed by atoms with van der Waals surface area (Å²) in [6, 6.07) is 7.20. The molecule has 0 fully saturated rings. The second-order valence-electron chi connectivity index (χ2n) is 3.93. The fraction of sp³-hybridized carbons (Fsp3) is 0.500. The Morgan fingerprint density at radius 2 is 1.95 bits per heavy atom. The zero-order valence-electron chi connectivity index (χ0n) is 11.9. The van der Waals surface area contributed by atoms with E-state index in [9.17, 15) is 9.90 Å². The highest BCUT2D eigenvalue weighted by molar-refractivity contribution is 8.00. The first kappa shape index (κ1) is 16.8. The lowest BCUT2D eigenvalue weighted by Gasteiger charge is -2.17. The van der Waals surface area contributed by atoms with Crippen molar-refractivity contribution in [1.29, 1.82) is 0 Å². The standard InChI is InChI=1S/C14H20O5S/c1-4-19-14(16)13(20-9-12(15)18-3)10-5-7-11(17-2)8-6-10/h5-8,12-13,15H,4,9H2,1-3H3. The number of thioether (sulfide) groups is 1. The van der Waals surface area contributed by atoms with Crippen LogP contribution >= 0.6 is 11.8 Å². The number of carbonyl (C=O) groups excluding carboxylic acids is 1. The number of aliphatic hydroxyl groups excluding tert-OH is 1. The van der Waals surface area contributed by atoms with Gasteiger partial charge in [0.2, 0.25) is 0 Å². The molecule has 0 radical (unpaired) electrons. The van der Waals surface area contributed by atoms with E-state index >= 15 is 0 Å². The zero-order valence-corrected chi connectivity index (χ0v) is 12.7. The average molecular weight is 300 g/mol. The fourth-order valence-corrected chi connectivity index (χ4v) is 2.59. The Kier molecular flexibility index (Phi) is 7.43. The van der Waals surface area contributed by atoms with Crippen LogP contribution in [0.5, 0.6) is 5.75 Å². The van der Waals surface area contributed by atoms with Gasteiger partial charge >= 0.3 is 5.97 Å². The molecule has 2 atom stereocenters. The first-order chi connectivity index (χ1) is 9.62. The van der Waals surface area contributed by atoms with Crippen LogP contribution < -0.4 is 4.74 Å². The number of hydrogen-bond acceptors (Lipinski definition) is 6. The summed E-state index contributed by atoms with van der Waals surface area (Å²) in [5, 5.41) is 8.94. The molecular formula is C14H20O5S. The highest BCUT2D eigenvalue weighted by Crippen LogP contribution is 2.31. The molecular weight excluding hydrogens is 280 g/mol. The summed E-state index contributed by atoms with van der Waals surface area (Å²) in [6.07, 6.45) is -0.907. The van der Waals surface area contributed by atoms with Crippen molar-refractivity contribution in [1.82, 2.24) is 0 Å². The van der Waals surface area contributed by atoms with Gasteiger partial charge in [0, 0.05) is 12.9 Å². The molecule has 0 aliphatic carbocycles. The SMILES string of the molecule is CCOC(=O)C(SCC(O)OC)c1ccc(OC)cc1. The van der Waals surface area contributed by atoms with E-state index in [2.05, 4.69) is 0 Å². The predicted octanol–water partition coefficient (Wildman–Crippen LogP) is 2.00. The number of hydrogen-bond donors (Lipinski definition) is 1. The summed E-state index contributed by atoms with van der Waals surface area (Å²) in [7, 11) is 3.00. The molecule has 112 valence electrons. The van der Waals surface area contributed by atoms with Gasteiger partial charge < -0.3 is 19.3 Å². The normalized spacial score (nSPS) is 13.6. The number of ether oxygens (including phenoxy) is 3. The maximum absolute atomic E-state index is 12.0. The number of aliphatic hydroxyl groups is 1. The molecule has 1 N–H and O–H groups in total. The van der Waals surface area contributed by atoms with E-state index in [4.69, 9.17) is 14.2 Å². The van der Waals surface area contributed by atoms with Crippen LogP contribution in [-0.2, 0) is 14.3 Å². The van der Waals surface area contributed by atoms with E-state index in [0.29, 0.717) is 6.61 Å². The van der Waals surface area contributed by atoms with Crippen LogP contribution in [0.4, 0.5) is 0 Å². The summed E-state index contributed by atoms with van der Waals surface area (Å²) < 4.78 is 14.9. The van der Waals surface area contributed by atoms with Gasteiger partial charge in [0.1, 0.15) is 11.0 Å². The minimum Gasteiger partial charge on any atom is -0.497 e. The Morgan fingerprint density at radius 3 is 2.45 bits per heavy atom. The largest absolute Gasteiger partial charge is 0.497 e. The van der Waals surface area contributed by atoms with Gasteiger partial charge in [-0.25, -0.2) is 0 Å². The van der Waals surface area contributed by atoms with Crippen LogP contribution in [0.2, 0.25) is 0 Å². The Labute approximate surface area is 123 Å². The first-order valence-corrected chi connectivity index (χ1v) is 7.30. The summed E-state index contributed by atoms with van der Waals surface area (Å²) in [5.74, 6) is 0.677. The third kappa shape index (κ3) is 5.03. The van der Waals surface area contributed by atoms with Crippen molar-refractivity contribution < 1.29 is 24.1 Å². The minimum atomic E-state index is -0.907. The summed E-state index contributed by atoms with van der Waals surface area (Å²) in [5.41, 5.74) is 0.803. The van der Waals surface area contributed by atoms with Gasteiger partial charge in [-0.15, -0.1) is 11.8 Å². The van der Waals surface area contributed by atoms with E-state index < -0.39 is 11.5 Å². The van der Waals surface area contributed by atoms with Crippen molar-refractivity contribution in [3.8, 4) is 5.75 Å². The monoisotopic (exact) mass is 300 g/mol. The fourth-order valence-electron chi connectivity index (χ4n) is 1.54. The number of methoxy groups -OCH3 is 2. The van der Waals surface area contributed by atoms with Gasteiger partial charge in [0.25, 0.3) is 0 Å². The summed E-state index contributed by atoms with van der Waals surface area (Å²) >= 11 is 1.28. The molecule has 1 aromatic rings. The topological polar surface area (TPSA) is 65.0 Å². The Balaban J connectivity index is 2.81. The lowest BCUT2D eigenvalue weighted by molar-refractivity contribution is -0.142. The minimum absolute atomic E-state index is 0.284. The van der Waals surface area contributed by atoms with Gasteiger partial charge in [-0.2, -0.15) is 0 Å². The third-order valence-corrected chi connectivity index (χ3v) is 3.87. The van der Waals surface area contributed by atoms with Gasteiger partial charge in [0.15, 0.2) is 6.29 Å². The first-order valence-electron chi connectivity index (χ1n) is 6.25. The van der Waals surface area contributed by atoms with Crippen LogP contribution in [-0.4, -0.2) is 43.9 Å². The average Bonchev–Trinajstić information content (AvgIpc) is 2.48. The van der Waals surface area contributed by atoms with E-state index in [1.54, 1.807) is 26.2 Å². The van der Waals surface area contributed by atoms with Crippen LogP contribution in [0.3, 0.4) is 0 Å². The number of rotatable bonds is 8. The van der Waals surface area contributed by atoms with Crippen molar-refractivity contribution in [2.24, 2.45) is 0 Å². The van der Waals surface area contributed by atoms with E-state index in [1.165, 1.54) is 18.9 Å². The molecule has 6 heteroatoms. The summed E-state index contributed by atoms with van der Waals surface area (Å²) in [6.45, 7) is 2.08. The number of benzene rings is 1. The smallest absolute Gasteiger partial charge is 0.323 e. The molecule has 0 amide bonds. The molecule has 0 aliphatic heterocycles. The molecule has 0 spiro atoms. The van der Waals surface area contributed by atoms with Gasteiger partial charge in [-0.05, 0) is 24.6 Å². The van der Waals surface area contributed by atoms with E-state index in [0.717, 1.165) is 11.3 Å². The van der Waals surface area contributed by atoms with Crippen LogP contribution in [0, 0.1) is 0 Å². The maximum Gasteiger partial charge on any atom is 0.323 e. The lowest BCUT2D eigenvalue weighted by atomic mass is 10.1. The van der Waals surface area contributed by atoms with Gasteiger partial charge in [-0.3, -0.25) is 4.79 Å². The summed E-state index contributed by atoms with van der Waals surface area (Å²) in [4.78, 5) is 12.0. The number of esters is 1. The molecule has 0 aromatic heterocycles. The molecule has 0 aliphatic rings. The van der Waals surface area contributed by atoms with Crippen LogP contribution in [0.25, 0.3) is 0 Å². The second-order valence-corrected chi connectivity index (χ2v) is 5.07. The molecule has 1 rings (SSSR count). The van der Waals surface area contributed by atoms with Gasteiger partial charge in [0.05, 0.1) is 13.7 Å². The lowest BCUT2D eigenvalue weighted by Crippen LogP contribution is -2.18. The Hall–Kier alpha value is -1.24. The highest BCUT2D eigenvalue weighted by Gasteiger charge is 2.23. The highest BCUT2D eigenvalue weighted by atomic mass is 32.2. The molecule has 20 heavy (non-hydrogen) atoms. The zero-order chi connectivity index (χ0) is 15.0. The third-order valence-electron chi connectivity index (χ3n) is 2.60. The Morgan fingerprint density at radius 1 is 1.30 bits per heavy atom. The number of carbonyl (C=O) groups is 1. The van der Waals surface area contributed by atoms with Gasteiger partial charge in [-0.1, -0.05) is 12.1 Å². The van der Waals surface area contributed by atoms with Crippen molar-refractivity contribution in [2.45, 2.75) is 18.5 Å². The molecule has 2 unspecified atom stereocenters. The maximum atomic E-state index is 12.0. The predicted molar refractivity (Wildman–Crippen MR) is 77.8 cm³/mol.